The number of carbonyl (C=O) groups excluding carboxylic acids is 2. The fourth-order valence-corrected chi connectivity index (χ4v) is 4.06. The zero-order valence-corrected chi connectivity index (χ0v) is 17.8. The highest BCUT2D eigenvalue weighted by Gasteiger charge is 2.11. The number of hydrogen-bond acceptors (Lipinski definition) is 5. The summed E-state index contributed by atoms with van der Waals surface area (Å²) in [6, 6.07) is 16.9. The molecule has 0 aliphatic carbocycles. The second-order valence-electron chi connectivity index (χ2n) is 6.90. The van der Waals surface area contributed by atoms with Crippen molar-refractivity contribution in [3.05, 3.63) is 78.1 Å². The minimum absolute atomic E-state index is 0.0726. The Morgan fingerprint density at radius 3 is 2.58 bits per heavy atom. The van der Waals surface area contributed by atoms with Gasteiger partial charge in [0.25, 0.3) is 5.91 Å². The zero-order valence-electron chi connectivity index (χ0n) is 17.0. The van der Waals surface area contributed by atoms with Gasteiger partial charge in [-0.15, -0.1) is 0 Å². The molecule has 2 heterocycles. The fourth-order valence-electron chi connectivity index (χ4n) is 3.09. The molecular weight excluding hydrogens is 412 g/mol. The standard InChI is InChI=1S/C23H22N4O3S/c1-30-18-7-4-16(5-8-18)10-11-24-21(28)15-25-22(29)17-6-9-19-20(14-17)31-23(26-19)27-12-2-3-13-27/h2-9,12-14H,10-11,15H2,1H3,(H,24,28)(H,25,29). The van der Waals surface area contributed by atoms with Gasteiger partial charge in [-0.25, -0.2) is 4.98 Å². The van der Waals surface area contributed by atoms with Gasteiger partial charge in [-0.2, -0.15) is 0 Å². The predicted octanol–water partition coefficient (Wildman–Crippen LogP) is 3.18. The molecule has 0 aliphatic rings. The number of hydrogen-bond donors (Lipinski definition) is 2. The molecule has 7 nitrogen and oxygen atoms in total. The van der Waals surface area contributed by atoms with Crippen LogP contribution < -0.4 is 15.4 Å². The lowest BCUT2D eigenvalue weighted by molar-refractivity contribution is -0.120. The van der Waals surface area contributed by atoms with E-state index < -0.39 is 0 Å². The average molecular weight is 435 g/mol. The first-order valence-electron chi connectivity index (χ1n) is 9.84. The first-order valence-corrected chi connectivity index (χ1v) is 10.7. The van der Waals surface area contributed by atoms with Gasteiger partial charge in [-0.1, -0.05) is 23.5 Å². The van der Waals surface area contributed by atoms with Gasteiger partial charge in [-0.3, -0.25) is 9.59 Å². The summed E-state index contributed by atoms with van der Waals surface area (Å²) in [4.78, 5) is 29.1. The summed E-state index contributed by atoms with van der Waals surface area (Å²) in [7, 11) is 1.62. The lowest BCUT2D eigenvalue weighted by atomic mass is 10.1. The van der Waals surface area contributed by atoms with Crippen molar-refractivity contribution in [2.75, 3.05) is 20.2 Å². The molecule has 4 rings (SSSR count). The first kappa shape index (κ1) is 20.6. The van der Waals surface area contributed by atoms with Crippen LogP contribution >= 0.6 is 11.3 Å². The monoisotopic (exact) mass is 434 g/mol. The average Bonchev–Trinajstić information content (AvgIpc) is 3.47. The van der Waals surface area contributed by atoms with Crippen molar-refractivity contribution >= 4 is 33.4 Å². The summed E-state index contributed by atoms with van der Waals surface area (Å²) in [5, 5.41) is 6.33. The number of methoxy groups -OCH3 is 1. The van der Waals surface area contributed by atoms with E-state index >= 15 is 0 Å². The Labute approximate surface area is 183 Å². The van der Waals surface area contributed by atoms with E-state index in [-0.39, 0.29) is 18.4 Å². The van der Waals surface area contributed by atoms with E-state index in [2.05, 4.69) is 15.6 Å². The van der Waals surface area contributed by atoms with Gasteiger partial charge in [0.05, 0.1) is 23.9 Å². The number of aromatic nitrogens is 2. The molecule has 2 N–H and O–H groups in total. The third kappa shape index (κ3) is 5.10. The van der Waals surface area contributed by atoms with Crippen LogP contribution in [0, 0.1) is 0 Å². The van der Waals surface area contributed by atoms with Crippen molar-refractivity contribution in [3.63, 3.8) is 0 Å². The van der Waals surface area contributed by atoms with Gasteiger partial charge in [0.2, 0.25) is 5.91 Å². The topological polar surface area (TPSA) is 85.2 Å². The highest BCUT2D eigenvalue weighted by Crippen LogP contribution is 2.26. The molecule has 0 saturated carbocycles. The quantitative estimate of drug-likeness (QED) is 0.446. The van der Waals surface area contributed by atoms with Crippen LogP contribution in [0.1, 0.15) is 15.9 Å². The number of thiazole rings is 1. The third-order valence-corrected chi connectivity index (χ3v) is 5.80. The van der Waals surface area contributed by atoms with Gasteiger partial charge in [0, 0.05) is 24.5 Å². The normalized spacial score (nSPS) is 10.7. The molecule has 8 heteroatoms. The molecule has 31 heavy (non-hydrogen) atoms. The molecule has 0 unspecified atom stereocenters. The highest BCUT2D eigenvalue weighted by molar-refractivity contribution is 7.20. The Morgan fingerprint density at radius 1 is 1.06 bits per heavy atom. The smallest absolute Gasteiger partial charge is 0.251 e. The SMILES string of the molecule is COc1ccc(CCNC(=O)CNC(=O)c2ccc3nc(-n4cccc4)sc3c2)cc1. The highest BCUT2D eigenvalue weighted by atomic mass is 32.1. The molecule has 2 amide bonds. The summed E-state index contributed by atoms with van der Waals surface area (Å²) in [6.45, 7) is 0.423. The van der Waals surface area contributed by atoms with Crippen molar-refractivity contribution in [3.8, 4) is 10.9 Å². The molecule has 0 saturated heterocycles. The van der Waals surface area contributed by atoms with Crippen LogP contribution in [-0.4, -0.2) is 41.6 Å². The molecular formula is C23H22N4O3S. The van der Waals surface area contributed by atoms with E-state index in [1.165, 1.54) is 11.3 Å². The van der Waals surface area contributed by atoms with Crippen LogP contribution in [0.5, 0.6) is 5.75 Å². The molecule has 158 valence electrons. The Kier molecular flexibility index (Phi) is 6.28. The number of ether oxygens (including phenoxy) is 1. The zero-order chi connectivity index (χ0) is 21.6. The maximum Gasteiger partial charge on any atom is 0.251 e. The number of rotatable bonds is 8. The molecule has 0 atom stereocenters. The van der Waals surface area contributed by atoms with Gasteiger partial charge in [0.15, 0.2) is 5.13 Å². The van der Waals surface area contributed by atoms with Crippen molar-refractivity contribution in [1.82, 2.24) is 20.2 Å². The van der Waals surface area contributed by atoms with Crippen LogP contribution in [0.2, 0.25) is 0 Å². The summed E-state index contributed by atoms with van der Waals surface area (Å²) in [5.74, 6) is 0.284. The van der Waals surface area contributed by atoms with Crippen LogP contribution in [0.25, 0.3) is 15.3 Å². The molecule has 2 aromatic heterocycles. The first-order chi connectivity index (χ1) is 15.1. The minimum atomic E-state index is -0.289. The molecule has 2 aromatic carbocycles. The Balaban J connectivity index is 1.27. The number of fused-ring (bicyclic) bond motifs is 1. The maximum atomic E-state index is 12.5. The number of nitrogens with one attached hydrogen (secondary N) is 2. The molecule has 0 radical (unpaired) electrons. The van der Waals surface area contributed by atoms with Crippen molar-refractivity contribution in [1.29, 1.82) is 0 Å². The van der Waals surface area contributed by atoms with Gasteiger partial charge >= 0.3 is 0 Å². The van der Waals surface area contributed by atoms with Crippen molar-refractivity contribution in [2.45, 2.75) is 6.42 Å². The van der Waals surface area contributed by atoms with Crippen LogP contribution in [0.3, 0.4) is 0 Å². The maximum absolute atomic E-state index is 12.5. The van der Waals surface area contributed by atoms with E-state index in [9.17, 15) is 9.59 Å². The largest absolute Gasteiger partial charge is 0.497 e. The van der Waals surface area contributed by atoms with Gasteiger partial charge in [0.1, 0.15) is 5.75 Å². The van der Waals surface area contributed by atoms with Gasteiger partial charge < -0.3 is 19.9 Å². The van der Waals surface area contributed by atoms with Gasteiger partial charge in [-0.05, 0) is 54.4 Å². The summed E-state index contributed by atoms with van der Waals surface area (Å²) >= 11 is 1.51. The van der Waals surface area contributed by atoms with Crippen LogP contribution in [0.15, 0.2) is 67.0 Å². The van der Waals surface area contributed by atoms with Crippen LogP contribution in [0.4, 0.5) is 0 Å². The molecule has 0 bridgehead atoms. The van der Waals surface area contributed by atoms with Crippen molar-refractivity contribution < 1.29 is 14.3 Å². The lowest BCUT2D eigenvalue weighted by Crippen LogP contribution is -2.37. The minimum Gasteiger partial charge on any atom is -0.497 e. The Hall–Kier alpha value is -3.65. The molecule has 0 spiro atoms. The lowest BCUT2D eigenvalue weighted by Gasteiger charge is -2.08. The Bertz CT molecular complexity index is 1180. The second-order valence-corrected chi connectivity index (χ2v) is 7.91. The molecule has 0 fully saturated rings. The fraction of sp³-hybridized carbons (Fsp3) is 0.174. The van der Waals surface area contributed by atoms with Crippen molar-refractivity contribution in [2.24, 2.45) is 0 Å². The van der Waals surface area contributed by atoms with Crippen LogP contribution in [-0.2, 0) is 11.2 Å². The third-order valence-electron chi connectivity index (χ3n) is 4.77. The number of nitrogens with zero attached hydrogens (tertiary/aromatic N) is 2. The predicted molar refractivity (Wildman–Crippen MR) is 121 cm³/mol. The second kappa shape index (κ2) is 9.44. The molecule has 0 aliphatic heterocycles. The number of benzene rings is 2. The molecule has 4 aromatic rings. The summed E-state index contributed by atoms with van der Waals surface area (Å²) in [5.41, 5.74) is 2.44. The Morgan fingerprint density at radius 2 is 1.84 bits per heavy atom. The summed E-state index contributed by atoms with van der Waals surface area (Å²) in [6.07, 6.45) is 4.56. The van der Waals surface area contributed by atoms with E-state index in [4.69, 9.17) is 4.74 Å². The number of amides is 2. The number of carbonyl (C=O) groups is 2. The van der Waals surface area contributed by atoms with E-state index in [1.807, 2.05) is 59.4 Å². The van der Waals surface area contributed by atoms with E-state index in [1.54, 1.807) is 19.2 Å². The van der Waals surface area contributed by atoms with E-state index in [0.717, 1.165) is 26.7 Å². The summed E-state index contributed by atoms with van der Waals surface area (Å²) < 4.78 is 7.98. The van der Waals surface area contributed by atoms with E-state index in [0.29, 0.717) is 18.5 Å².